The van der Waals surface area contributed by atoms with Gasteiger partial charge < -0.3 is 4.74 Å². The maximum Gasteiger partial charge on any atom is 0.313 e. The van der Waals surface area contributed by atoms with Crippen molar-refractivity contribution in [2.24, 2.45) is 22.7 Å². The fourth-order valence-corrected chi connectivity index (χ4v) is 5.31. The second-order valence-corrected chi connectivity index (χ2v) is 8.05. The van der Waals surface area contributed by atoms with Crippen LogP contribution in [0.25, 0.3) is 0 Å². The van der Waals surface area contributed by atoms with Gasteiger partial charge in [-0.2, -0.15) is 0 Å². The molecule has 0 radical (unpaired) electrons. The molecule has 0 unspecified atom stereocenters. The van der Waals surface area contributed by atoms with Crippen molar-refractivity contribution in [2.75, 3.05) is 0 Å². The van der Waals surface area contributed by atoms with E-state index in [1.54, 1.807) is 0 Å². The van der Waals surface area contributed by atoms with Crippen molar-refractivity contribution in [3.8, 4) is 0 Å². The summed E-state index contributed by atoms with van der Waals surface area (Å²) in [5, 5.41) is 0. The number of fused-ring (bicyclic) bond motifs is 3. The highest BCUT2D eigenvalue weighted by atomic mass is 16.6. The van der Waals surface area contributed by atoms with Crippen LogP contribution in [0, 0.1) is 22.7 Å². The third-order valence-electron chi connectivity index (χ3n) is 6.28. The molecule has 1 saturated heterocycles. The Morgan fingerprint density at radius 2 is 1.82 bits per heavy atom. The summed E-state index contributed by atoms with van der Waals surface area (Å²) < 4.78 is 5.81. The number of benzene rings is 1. The molecule has 1 saturated carbocycles. The van der Waals surface area contributed by atoms with Crippen LogP contribution in [0.1, 0.15) is 51.7 Å². The fraction of sp³-hybridized carbons (Fsp3) is 0.550. The number of hydrogen-bond donors (Lipinski definition) is 0. The van der Waals surface area contributed by atoms with Gasteiger partial charge in [0.2, 0.25) is 0 Å². The summed E-state index contributed by atoms with van der Waals surface area (Å²) >= 11 is 0. The van der Waals surface area contributed by atoms with Crippen molar-refractivity contribution >= 4 is 5.97 Å². The number of carbonyl (C=O) groups excluding carboxylic acids is 1. The second kappa shape index (κ2) is 4.47. The molecule has 2 fully saturated rings. The Kier molecular flexibility index (Phi) is 2.85. The van der Waals surface area contributed by atoms with Crippen LogP contribution in [0.2, 0.25) is 0 Å². The highest BCUT2D eigenvalue weighted by molar-refractivity contribution is 5.79. The van der Waals surface area contributed by atoms with Gasteiger partial charge >= 0.3 is 5.97 Å². The van der Waals surface area contributed by atoms with Crippen LogP contribution in [-0.2, 0) is 9.53 Å². The van der Waals surface area contributed by atoms with Crippen molar-refractivity contribution in [1.82, 2.24) is 0 Å². The van der Waals surface area contributed by atoms with Gasteiger partial charge in [-0.15, -0.1) is 0 Å². The van der Waals surface area contributed by atoms with Crippen molar-refractivity contribution < 1.29 is 9.53 Å². The van der Waals surface area contributed by atoms with Crippen LogP contribution < -0.4 is 0 Å². The van der Waals surface area contributed by atoms with Crippen LogP contribution in [0.4, 0.5) is 0 Å². The Morgan fingerprint density at radius 3 is 2.55 bits per heavy atom. The molecular formula is C20H24O2. The predicted octanol–water partition coefficient (Wildman–Crippen LogP) is 4.67. The number of hydrogen-bond acceptors (Lipinski definition) is 2. The number of cyclic esters (lactones) is 1. The van der Waals surface area contributed by atoms with Gasteiger partial charge in [0.25, 0.3) is 0 Å². The first-order valence-corrected chi connectivity index (χ1v) is 8.42. The SMILES string of the molecule is CC1(C)CCC[C@@]2(C)C1=C[C@H]1C(=O)O[C@H](c3ccccc3)[C@H]12. The molecule has 2 heteroatoms. The summed E-state index contributed by atoms with van der Waals surface area (Å²) in [6, 6.07) is 10.3. The molecule has 0 spiro atoms. The first-order valence-electron chi connectivity index (χ1n) is 8.42. The van der Waals surface area contributed by atoms with Crippen molar-refractivity contribution in [1.29, 1.82) is 0 Å². The van der Waals surface area contributed by atoms with E-state index in [0.29, 0.717) is 0 Å². The zero-order chi connectivity index (χ0) is 15.5. The topological polar surface area (TPSA) is 26.3 Å². The normalized spacial score (nSPS) is 39.0. The number of rotatable bonds is 1. The van der Waals surface area contributed by atoms with Crippen LogP contribution in [0.5, 0.6) is 0 Å². The minimum atomic E-state index is -0.0913. The van der Waals surface area contributed by atoms with Gasteiger partial charge in [-0.25, -0.2) is 0 Å². The largest absolute Gasteiger partial charge is 0.457 e. The molecule has 1 aliphatic heterocycles. The number of esters is 1. The predicted molar refractivity (Wildman–Crippen MR) is 86.1 cm³/mol. The summed E-state index contributed by atoms with van der Waals surface area (Å²) in [7, 11) is 0. The lowest BCUT2D eigenvalue weighted by Crippen LogP contribution is -2.38. The van der Waals surface area contributed by atoms with E-state index in [2.05, 4.69) is 39.0 Å². The van der Waals surface area contributed by atoms with Gasteiger partial charge in [-0.3, -0.25) is 4.79 Å². The van der Waals surface area contributed by atoms with Gasteiger partial charge in [0.05, 0.1) is 5.92 Å². The smallest absolute Gasteiger partial charge is 0.313 e. The van der Waals surface area contributed by atoms with E-state index in [-0.39, 0.29) is 34.7 Å². The highest BCUT2D eigenvalue weighted by Gasteiger charge is 2.61. The molecule has 0 bridgehead atoms. The van der Waals surface area contributed by atoms with Crippen molar-refractivity contribution in [3.63, 3.8) is 0 Å². The maximum atomic E-state index is 12.5. The quantitative estimate of drug-likeness (QED) is 0.556. The Hall–Kier alpha value is -1.57. The summed E-state index contributed by atoms with van der Waals surface area (Å²) in [5.41, 5.74) is 2.94. The van der Waals surface area contributed by atoms with E-state index in [4.69, 9.17) is 4.74 Å². The third-order valence-corrected chi connectivity index (χ3v) is 6.28. The van der Waals surface area contributed by atoms with E-state index in [1.165, 1.54) is 24.8 Å². The number of carbonyl (C=O) groups is 1. The molecule has 0 amide bonds. The average Bonchev–Trinajstić information content (AvgIpc) is 2.97. The van der Waals surface area contributed by atoms with Crippen molar-refractivity contribution in [2.45, 2.75) is 46.1 Å². The number of allylic oxidation sites excluding steroid dienone is 1. The molecule has 2 aliphatic carbocycles. The highest BCUT2D eigenvalue weighted by Crippen LogP contribution is 2.65. The number of ether oxygens (including phenoxy) is 1. The van der Waals surface area contributed by atoms with Gasteiger partial charge in [0.15, 0.2) is 0 Å². The second-order valence-electron chi connectivity index (χ2n) is 8.05. The lowest BCUT2D eigenvalue weighted by molar-refractivity contribution is -0.143. The molecule has 116 valence electrons. The molecule has 22 heavy (non-hydrogen) atoms. The van der Waals surface area contributed by atoms with Crippen LogP contribution in [0.3, 0.4) is 0 Å². The van der Waals surface area contributed by atoms with E-state index in [0.717, 1.165) is 5.56 Å². The molecule has 1 heterocycles. The molecule has 0 N–H and O–H groups in total. The Bertz CT molecular complexity index is 643. The molecule has 3 aliphatic rings. The van der Waals surface area contributed by atoms with Gasteiger partial charge in [0, 0.05) is 5.92 Å². The first-order chi connectivity index (χ1) is 10.4. The third kappa shape index (κ3) is 1.76. The standard InChI is InChI=1S/C20H24O2/c1-19(2)10-7-11-20(3)15(19)12-14-16(20)17(22-18(14)21)13-8-5-4-6-9-13/h4-6,8-9,12,14,16-17H,7,10-11H2,1-3H3/t14-,16+,17-,20+/m1/s1. The van der Waals surface area contributed by atoms with E-state index in [9.17, 15) is 4.79 Å². The van der Waals surface area contributed by atoms with Gasteiger partial charge in [0.1, 0.15) is 6.10 Å². The maximum absolute atomic E-state index is 12.5. The summed E-state index contributed by atoms with van der Waals surface area (Å²) in [5.74, 6) is 0.178. The minimum Gasteiger partial charge on any atom is -0.457 e. The minimum absolute atomic E-state index is 0.0298. The van der Waals surface area contributed by atoms with E-state index in [1.807, 2.05) is 18.2 Å². The van der Waals surface area contributed by atoms with Crippen molar-refractivity contribution in [3.05, 3.63) is 47.5 Å². The molecule has 1 aromatic carbocycles. The lowest BCUT2D eigenvalue weighted by atomic mass is 9.57. The average molecular weight is 296 g/mol. The molecule has 2 nitrogen and oxygen atoms in total. The molecule has 0 aromatic heterocycles. The monoisotopic (exact) mass is 296 g/mol. The van der Waals surface area contributed by atoms with Crippen LogP contribution >= 0.6 is 0 Å². The first kappa shape index (κ1) is 14.0. The van der Waals surface area contributed by atoms with Gasteiger partial charge in [-0.05, 0) is 29.2 Å². The Morgan fingerprint density at radius 1 is 1.09 bits per heavy atom. The lowest BCUT2D eigenvalue weighted by Gasteiger charge is -2.47. The fourth-order valence-electron chi connectivity index (χ4n) is 5.31. The summed E-state index contributed by atoms with van der Waals surface area (Å²) in [6.45, 7) is 7.03. The molecule has 1 aromatic rings. The van der Waals surface area contributed by atoms with E-state index >= 15 is 0 Å². The van der Waals surface area contributed by atoms with Gasteiger partial charge in [-0.1, -0.05) is 69.2 Å². The summed E-state index contributed by atoms with van der Waals surface area (Å²) in [4.78, 5) is 12.5. The van der Waals surface area contributed by atoms with Crippen LogP contribution in [-0.4, -0.2) is 5.97 Å². The molecular weight excluding hydrogens is 272 g/mol. The zero-order valence-electron chi connectivity index (χ0n) is 13.6. The summed E-state index contributed by atoms with van der Waals surface area (Å²) in [6.07, 6.45) is 5.79. The molecule has 4 rings (SSSR count). The Labute approximate surface area is 132 Å². The molecule has 4 atom stereocenters. The Balaban J connectivity index is 1.80. The van der Waals surface area contributed by atoms with E-state index < -0.39 is 0 Å². The van der Waals surface area contributed by atoms with Crippen LogP contribution in [0.15, 0.2) is 42.0 Å². The zero-order valence-corrected chi connectivity index (χ0v) is 13.6.